The molecule has 10 heavy (non-hydrogen) atoms. The Hall–Kier alpha value is -0.920. The first-order valence-corrected chi connectivity index (χ1v) is 3.39. The van der Waals surface area contributed by atoms with E-state index in [1.54, 1.807) is 13.1 Å². The van der Waals surface area contributed by atoms with Crippen LogP contribution >= 0.6 is 0 Å². The van der Waals surface area contributed by atoms with Gasteiger partial charge in [-0.05, 0) is 18.9 Å². The Bertz CT molecular complexity index is 155. The predicted octanol–water partition coefficient (Wildman–Crippen LogP) is 2.27. The lowest BCUT2D eigenvalue weighted by atomic mass is 10.2. The smallest absolute Gasteiger partial charge is 0.117 e. The van der Waals surface area contributed by atoms with E-state index in [0.717, 1.165) is 0 Å². The maximum atomic E-state index is 6.95. The van der Waals surface area contributed by atoms with Gasteiger partial charge in [0.15, 0.2) is 0 Å². The van der Waals surface area contributed by atoms with Crippen molar-refractivity contribution in [1.29, 1.82) is 5.41 Å². The van der Waals surface area contributed by atoms with Crippen molar-refractivity contribution in [1.82, 2.24) is 0 Å². The van der Waals surface area contributed by atoms with Gasteiger partial charge in [0.2, 0.25) is 0 Å². The molecule has 0 aromatic rings. The molecule has 0 bridgehead atoms. The van der Waals surface area contributed by atoms with Crippen molar-refractivity contribution in [2.75, 3.05) is 0 Å². The van der Waals surface area contributed by atoms with Gasteiger partial charge < -0.3 is 0 Å². The first kappa shape index (κ1) is 9.08. The third-order valence-electron chi connectivity index (χ3n) is 0.850. The molecule has 0 aliphatic heterocycles. The molecule has 0 amide bonds. The van der Waals surface area contributed by atoms with E-state index in [4.69, 9.17) is 5.41 Å². The first-order valence-electron chi connectivity index (χ1n) is 3.39. The van der Waals surface area contributed by atoms with Gasteiger partial charge in [-0.25, -0.2) is 4.99 Å². The molecule has 2 heteroatoms. The van der Waals surface area contributed by atoms with Crippen molar-refractivity contribution in [3.05, 3.63) is 12.2 Å². The normalized spacial score (nSPS) is 12.0. The molecule has 0 heterocycles. The molecule has 0 atom stereocenters. The molecular weight excluding hydrogens is 124 g/mol. The Balaban J connectivity index is 3.62. The van der Waals surface area contributed by atoms with Gasteiger partial charge in [0.1, 0.15) is 5.84 Å². The number of allylic oxidation sites excluding steroid dienone is 2. The lowest BCUT2D eigenvalue weighted by molar-refractivity contribution is 0.833. The van der Waals surface area contributed by atoms with Crippen LogP contribution in [0.15, 0.2) is 17.1 Å². The molecule has 0 aliphatic rings. The molecule has 0 fully saturated rings. The van der Waals surface area contributed by atoms with Gasteiger partial charge in [-0.2, -0.15) is 0 Å². The summed E-state index contributed by atoms with van der Waals surface area (Å²) in [6, 6.07) is 0. The minimum atomic E-state index is 0.341. The largest absolute Gasteiger partial charge is 0.287 e. The molecule has 56 valence electrons. The number of nitrogens with zero attached hydrogens (tertiary/aromatic N) is 1. The number of nitrogens with one attached hydrogen (secondary N) is 1. The van der Waals surface area contributed by atoms with Crippen molar-refractivity contribution < 1.29 is 0 Å². The monoisotopic (exact) mass is 138 g/mol. The van der Waals surface area contributed by atoms with Gasteiger partial charge in [0, 0.05) is 6.21 Å². The van der Waals surface area contributed by atoms with Crippen LogP contribution < -0.4 is 0 Å². The number of rotatable bonds is 2. The van der Waals surface area contributed by atoms with Crippen LogP contribution in [0, 0.1) is 11.3 Å². The maximum Gasteiger partial charge on any atom is 0.117 e. The van der Waals surface area contributed by atoms with E-state index in [-0.39, 0.29) is 0 Å². The molecule has 0 saturated heterocycles. The zero-order valence-electron chi connectivity index (χ0n) is 6.76. The van der Waals surface area contributed by atoms with E-state index < -0.39 is 0 Å². The maximum absolute atomic E-state index is 6.95. The number of hydrogen-bond acceptors (Lipinski definition) is 1. The van der Waals surface area contributed by atoms with Crippen LogP contribution in [-0.2, 0) is 0 Å². The van der Waals surface area contributed by atoms with E-state index in [1.807, 2.05) is 12.2 Å². The molecule has 0 saturated carbocycles. The fourth-order valence-electron chi connectivity index (χ4n) is 0.427. The minimum absolute atomic E-state index is 0.341. The second-order valence-corrected chi connectivity index (χ2v) is 2.49. The topological polar surface area (TPSA) is 36.2 Å². The summed E-state index contributed by atoms with van der Waals surface area (Å²) in [6.07, 6.45) is 5.54. The lowest BCUT2D eigenvalue weighted by Gasteiger charge is -1.88. The van der Waals surface area contributed by atoms with E-state index in [1.165, 1.54) is 0 Å². The van der Waals surface area contributed by atoms with Crippen LogP contribution in [-0.4, -0.2) is 12.1 Å². The molecule has 0 aromatic heterocycles. The van der Waals surface area contributed by atoms with Crippen molar-refractivity contribution in [3.8, 4) is 0 Å². The summed E-state index contributed by atoms with van der Waals surface area (Å²) in [4.78, 5) is 3.77. The third kappa shape index (κ3) is 7.08. The van der Waals surface area contributed by atoms with Crippen LogP contribution in [0.5, 0.6) is 0 Å². The quantitative estimate of drug-likeness (QED) is 0.449. The molecule has 0 spiro atoms. The summed E-state index contributed by atoms with van der Waals surface area (Å²) in [5.41, 5.74) is 0. The van der Waals surface area contributed by atoms with Crippen molar-refractivity contribution in [2.24, 2.45) is 10.9 Å². The first-order chi connectivity index (χ1) is 4.63. The highest BCUT2D eigenvalue weighted by atomic mass is 14.8. The minimum Gasteiger partial charge on any atom is -0.287 e. The molecule has 0 unspecified atom stereocenters. The van der Waals surface area contributed by atoms with Gasteiger partial charge in [0.05, 0.1) is 0 Å². The summed E-state index contributed by atoms with van der Waals surface area (Å²) in [5, 5.41) is 6.95. The molecule has 0 radical (unpaired) electrons. The Morgan fingerprint density at radius 3 is 2.50 bits per heavy atom. The van der Waals surface area contributed by atoms with Crippen molar-refractivity contribution in [2.45, 2.75) is 20.8 Å². The van der Waals surface area contributed by atoms with Gasteiger partial charge in [-0.1, -0.05) is 19.9 Å². The lowest BCUT2D eigenvalue weighted by Crippen LogP contribution is -1.81. The third-order valence-corrected chi connectivity index (χ3v) is 0.850. The Morgan fingerprint density at radius 2 is 2.10 bits per heavy atom. The fourth-order valence-corrected chi connectivity index (χ4v) is 0.427. The highest BCUT2D eigenvalue weighted by Gasteiger charge is 1.79. The number of amidine groups is 1. The van der Waals surface area contributed by atoms with E-state index in [2.05, 4.69) is 18.8 Å². The zero-order valence-corrected chi connectivity index (χ0v) is 6.76. The fraction of sp³-hybridized carbons (Fsp3) is 0.500. The highest BCUT2D eigenvalue weighted by Crippen LogP contribution is 1.91. The SMILES string of the molecule is CC(=N)N=CC=CC(C)C. The van der Waals surface area contributed by atoms with Gasteiger partial charge in [0.25, 0.3) is 0 Å². The zero-order chi connectivity index (χ0) is 7.98. The highest BCUT2D eigenvalue weighted by molar-refractivity contribution is 5.88. The van der Waals surface area contributed by atoms with Crippen LogP contribution in [0.3, 0.4) is 0 Å². The second kappa shape index (κ2) is 4.91. The Kier molecular flexibility index (Phi) is 4.46. The standard InChI is InChI=1S/C8H14N2/c1-7(2)5-4-6-10-8(3)9/h4-7,9H,1-3H3. The number of aliphatic imine (C=N–C) groups is 1. The van der Waals surface area contributed by atoms with E-state index >= 15 is 0 Å². The average Bonchev–Trinajstić information content (AvgIpc) is 1.79. The van der Waals surface area contributed by atoms with E-state index in [0.29, 0.717) is 11.8 Å². The van der Waals surface area contributed by atoms with Crippen molar-refractivity contribution >= 4 is 12.1 Å². The van der Waals surface area contributed by atoms with E-state index in [9.17, 15) is 0 Å². The molecule has 0 aromatic carbocycles. The van der Waals surface area contributed by atoms with Crippen LogP contribution in [0.25, 0.3) is 0 Å². The molecule has 0 aliphatic carbocycles. The second-order valence-electron chi connectivity index (χ2n) is 2.49. The van der Waals surface area contributed by atoms with Crippen molar-refractivity contribution in [3.63, 3.8) is 0 Å². The molecule has 0 rings (SSSR count). The van der Waals surface area contributed by atoms with Gasteiger partial charge in [-0.3, -0.25) is 5.41 Å². The summed E-state index contributed by atoms with van der Waals surface area (Å²) in [7, 11) is 0. The summed E-state index contributed by atoms with van der Waals surface area (Å²) >= 11 is 0. The molecule has 2 nitrogen and oxygen atoms in total. The van der Waals surface area contributed by atoms with Crippen LogP contribution in [0.2, 0.25) is 0 Å². The van der Waals surface area contributed by atoms with Crippen LogP contribution in [0.4, 0.5) is 0 Å². The van der Waals surface area contributed by atoms with Gasteiger partial charge >= 0.3 is 0 Å². The predicted molar refractivity (Wildman–Crippen MR) is 45.9 cm³/mol. The molecular formula is C8H14N2. The summed E-state index contributed by atoms with van der Waals surface area (Å²) < 4.78 is 0. The Morgan fingerprint density at radius 1 is 1.50 bits per heavy atom. The average molecular weight is 138 g/mol. The Labute approximate surface area is 62.2 Å². The van der Waals surface area contributed by atoms with Crippen LogP contribution in [0.1, 0.15) is 20.8 Å². The van der Waals surface area contributed by atoms with Gasteiger partial charge in [-0.15, -0.1) is 0 Å². The summed E-state index contributed by atoms with van der Waals surface area (Å²) in [6.45, 7) is 5.85. The molecule has 1 N–H and O–H groups in total. The summed E-state index contributed by atoms with van der Waals surface area (Å²) in [5.74, 6) is 0.894. The number of hydrogen-bond donors (Lipinski definition) is 1.